The molecule has 1 amide bonds. The lowest BCUT2D eigenvalue weighted by atomic mass is 10.2. The molecule has 0 aromatic carbocycles. The molecule has 0 aromatic heterocycles. The van der Waals surface area contributed by atoms with Gasteiger partial charge in [-0.1, -0.05) is 0 Å². The van der Waals surface area contributed by atoms with Gasteiger partial charge >= 0.3 is 0 Å². The number of aliphatic hydroxyl groups excluding tert-OH is 1. The number of hydrogen-bond acceptors (Lipinski definition) is 3. The number of aliphatic hydroxyl groups is 1. The van der Waals surface area contributed by atoms with Crippen LogP contribution >= 0.6 is 0 Å². The van der Waals surface area contributed by atoms with Crippen molar-refractivity contribution in [2.45, 2.75) is 44.3 Å². The molecule has 1 saturated carbocycles. The van der Waals surface area contributed by atoms with Crippen molar-refractivity contribution < 1.29 is 9.90 Å². The lowest BCUT2D eigenvalue weighted by Crippen LogP contribution is -2.48. The van der Waals surface area contributed by atoms with Crippen LogP contribution in [-0.4, -0.2) is 59.1 Å². The van der Waals surface area contributed by atoms with Crippen LogP contribution in [0.2, 0.25) is 0 Å². The van der Waals surface area contributed by atoms with Crippen molar-refractivity contribution in [2.75, 3.05) is 20.2 Å². The average molecular weight is 212 g/mol. The molecule has 86 valence electrons. The van der Waals surface area contributed by atoms with Crippen molar-refractivity contribution >= 4 is 5.91 Å². The zero-order chi connectivity index (χ0) is 11.0. The van der Waals surface area contributed by atoms with Crippen molar-refractivity contribution in [2.24, 2.45) is 0 Å². The summed E-state index contributed by atoms with van der Waals surface area (Å²) in [4.78, 5) is 16.0. The molecule has 1 saturated heterocycles. The van der Waals surface area contributed by atoms with Crippen molar-refractivity contribution in [1.82, 2.24) is 9.80 Å². The van der Waals surface area contributed by atoms with Gasteiger partial charge in [-0.15, -0.1) is 0 Å². The van der Waals surface area contributed by atoms with E-state index in [4.69, 9.17) is 0 Å². The molecule has 4 heteroatoms. The summed E-state index contributed by atoms with van der Waals surface area (Å²) in [6.45, 7) is 2.96. The monoisotopic (exact) mass is 212 g/mol. The second kappa shape index (κ2) is 4.10. The summed E-state index contributed by atoms with van der Waals surface area (Å²) in [6.07, 6.45) is 3.37. The minimum atomic E-state index is -0.299. The highest BCUT2D eigenvalue weighted by molar-refractivity contribution is 5.82. The molecule has 2 aliphatic rings. The molecule has 2 fully saturated rings. The number of amides is 1. The third-order valence-electron chi connectivity index (χ3n) is 3.69. The van der Waals surface area contributed by atoms with Crippen LogP contribution in [0.15, 0.2) is 0 Å². The SMILES string of the molecule is CC1CCN(C2CC2)C(CO)C(=O)N1C. The van der Waals surface area contributed by atoms with Crippen molar-refractivity contribution in [3.05, 3.63) is 0 Å². The zero-order valence-corrected chi connectivity index (χ0v) is 9.52. The summed E-state index contributed by atoms with van der Waals surface area (Å²) >= 11 is 0. The van der Waals surface area contributed by atoms with Gasteiger partial charge in [0.1, 0.15) is 6.04 Å². The van der Waals surface area contributed by atoms with E-state index in [1.165, 1.54) is 12.8 Å². The van der Waals surface area contributed by atoms with Crippen LogP contribution in [0.1, 0.15) is 26.2 Å². The van der Waals surface area contributed by atoms with Gasteiger partial charge in [0.25, 0.3) is 0 Å². The molecule has 0 spiro atoms. The molecule has 1 aliphatic heterocycles. The molecular formula is C11H20N2O2. The lowest BCUT2D eigenvalue weighted by Gasteiger charge is -2.28. The molecular weight excluding hydrogens is 192 g/mol. The van der Waals surface area contributed by atoms with Gasteiger partial charge < -0.3 is 10.0 Å². The summed E-state index contributed by atoms with van der Waals surface area (Å²) in [6, 6.07) is 0.535. The Balaban J connectivity index is 2.15. The Bertz CT molecular complexity index is 253. The quantitative estimate of drug-likeness (QED) is 0.704. The third-order valence-corrected chi connectivity index (χ3v) is 3.69. The summed E-state index contributed by atoms with van der Waals surface area (Å²) < 4.78 is 0. The summed E-state index contributed by atoms with van der Waals surface area (Å²) in [7, 11) is 1.84. The van der Waals surface area contributed by atoms with Crippen molar-refractivity contribution in [3.63, 3.8) is 0 Å². The van der Waals surface area contributed by atoms with Gasteiger partial charge in [0.15, 0.2) is 0 Å². The highest BCUT2D eigenvalue weighted by atomic mass is 16.3. The Morgan fingerprint density at radius 1 is 1.40 bits per heavy atom. The topological polar surface area (TPSA) is 43.8 Å². The molecule has 1 heterocycles. The first-order chi connectivity index (χ1) is 7.15. The van der Waals surface area contributed by atoms with E-state index < -0.39 is 0 Å². The Morgan fingerprint density at radius 2 is 2.07 bits per heavy atom. The van der Waals surface area contributed by atoms with Crippen LogP contribution < -0.4 is 0 Å². The van der Waals surface area contributed by atoms with Crippen LogP contribution in [0.3, 0.4) is 0 Å². The van der Waals surface area contributed by atoms with E-state index in [0.29, 0.717) is 6.04 Å². The molecule has 2 unspecified atom stereocenters. The molecule has 1 aliphatic carbocycles. The summed E-state index contributed by atoms with van der Waals surface area (Å²) in [5.74, 6) is 0.0781. The van der Waals surface area contributed by atoms with Gasteiger partial charge in [-0.3, -0.25) is 9.69 Å². The average Bonchev–Trinajstić information content (AvgIpc) is 3.04. The smallest absolute Gasteiger partial charge is 0.242 e. The second-order valence-corrected chi connectivity index (χ2v) is 4.75. The summed E-state index contributed by atoms with van der Waals surface area (Å²) in [5, 5.41) is 9.35. The first-order valence-electron chi connectivity index (χ1n) is 5.78. The van der Waals surface area contributed by atoms with E-state index in [-0.39, 0.29) is 24.6 Å². The maximum atomic E-state index is 12.1. The van der Waals surface area contributed by atoms with Gasteiger partial charge in [-0.05, 0) is 26.2 Å². The van der Waals surface area contributed by atoms with Gasteiger partial charge in [0.2, 0.25) is 5.91 Å². The van der Waals surface area contributed by atoms with Gasteiger partial charge in [-0.2, -0.15) is 0 Å². The molecule has 0 aromatic rings. The molecule has 0 radical (unpaired) electrons. The molecule has 4 nitrogen and oxygen atoms in total. The van der Waals surface area contributed by atoms with Crippen LogP contribution in [0.4, 0.5) is 0 Å². The minimum Gasteiger partial charge on any atom is -0.394 e. The maximum absolute atomic E-state index is 12.1. The normalized spacial score (nSPS) is 34.3. The van der Waals surface area contributed by atoms with E-state index in [1.54, 1.807) is 4.90 Å². The molecule has 1 N–H and O–H groups in total. The Kier molecular flexibility index (Phi) is 2.98. The summed E-state index contributed by atoms with van der Waals surface area (Å²) in [5.41, 5.74) is 0. The third kappa shape index (κ3) is 2.01. The first-order valence-corrected chi connectivity index (χ1v) is 5.78. The highest BCUT2D eigenvalue weighted by Gasteiger charge is 2.40. The predicted octanol–water partition coefficient (Wildman–Crippen LogP) is 0.0623. The largest absolute Gasteiger partial charge is 0.394 e. The Morgan fingerprint density at radius 3 is 2.60 bits per heavy atom. The zero-order valence-electron chi connectivity index (χ0n) is 9.52. The maximum Gasteiger partial charge on any atom is 0.242 e. The first kappa shape index (κ1) is 10.9. The van der Waals surface area contributed by atoms with Gasteiger partial charge in [0, 0.05) is 25.7 Å². The van der Waals surface area contributed by atoms with E-state index in [9.17, 15) is 9.90 Å². The number of nitrogens with zero attached hydrogens (tertiary/aromatic N) is 2. The number of hydrogen-bond donors (Lipinski definition) is 1. The van der Waals surface area contributed by atoms with Crippen LogP contribution in [-0.2, 0) is 4.79 Å². The van der Waals surface area contributed by atoms with Gasteiger partial charge in [0.05, 0.1) is 6.61 Å². The van der Waals surface area contributed by atoms with Crippen LogP contribution in [0.25, 0.3) is 0 Å². The van der Waals surface area contributed by atoms with Gasteiger partial charge in [-0.25, -0.2) is 0 Å². The highest BCUT2D eigenvalue weighted by Crippen LogP contribution is 2.31. The molecule has 2 atom stereocenters. The van der Waals surface area contributed by atoms with Crippen LogP contribution in [0.5, 0.6) is 0 Å². The minimum absolute atomic E-state index is 0.0492. The predicted molar refractivity (Wildman–Crippen MR) is 57.5 cm³/mol. The van der Waals surface area contributed by atoms with Crippen molar-refractivity contribution in [3.8, 4) is 0 Å². The molecule has 15 heavy (non-hydrogen) atoms. The second-order valence-electron chi connectivity index (χ2n) is 4.75. The van der Waals surface area contributed by atoms with E-state index >= 15 is 0 Å². The molecule has 0 bridgehead atoms. The Labute approximate surface area is 90.9 Å². The van der Waals surface area contributed by atoms with Crippen LogP contribution in [0, 0.1) is 0 Å². The molecule has 2 rings (SSSR count). The lowest BCUT2D eigenvalue weighted by molar-refractivity contribution is -0.137. The van der Waals surface area contributed by atoms with Crippen molar-refractivity contribution in [1.29, 1.82) is 0 Å². The number of carbonyl (C=O) groups excluding carboxylic acids is 1. The standard InChI is InChI=1S/C11H20N2O2/c1-8-5-6-13(9-3-4-9)10(7-14)11(15)12(8)2/h8-10,14H,3-7H2,1-2H3. The fourth-order valence-electron chi connectivity index (χ4n) is 2.31. The van der Waals surface area contributed by atoms with E-state index in [1.807, 2.05) is 7.05 Å². The van der Waals surface area contributed by atoms with E-state index in [2.05, 4.69) is 11.8 Å². The fraction of sp³-hybridized carbons (Fsp3) is 0.909. The number of rotatable bonds is 2. The Hall–Kier alpha value is -0.610. The number of likely N-dealkylation sites (N-methyl/N-ethyl adjacent to an activating group) is 1. The van der Waals surface area contributed by atoms with E-state index in [0.717, 1.165) is 13.0 Å². The fourth-order valence-corrected chi connectivity index (χ4v) is 2.31. The number of carbonyl (C=O) groups is 1.